The molecule has 126 valence electrons. The van der Waals surface area contributed by atoms with Crippen LogP contribution in [0.2, 0.25) is 0 Å². The second-order valence-corrected chi connectivity index (χ2v) is 5.90. The third-order valence-corrected chi connectivity index (χ3v) is 4.18. The minimum atomic E-state index is -0.251. The summed E-state index contributed by atoms with van der Waals surface area (Å²) in [6.07, 6.45) is 2.06. The van der Waals surface area contributed by atoms with Crippen molar-refractivity contribution in [3.8, 4) is 22.8 Å². The highest BCUT2D eigenvalue weighted by Crippen LogP contribution is 2.33. The molecule has 2 aromatic carbocycles. The molecule has 0 aliphatic heterocycles. The van der Waals surface area contributed by atoms with Crippen molar-refractivity contribution >= 4 is 10.9 Å². The second-order valence-electron chi connectivity index (χ2n) is 5.90. The van der Waals surface area contributed by atoms with Gasteiger partial charge < -0.3 is 14.5 Å². The summed E-state index contributed by atoms with van der Waals surface area (Å²) in [7, 11) is 1.62. The van der Waals surface area contributed by atoms with Gasteiger partial charge in [0.2, 0.25) is 0 Å². The number of halogens is 1. The van der Waals surface area contributed by atoms with Crippen molar-refractivity contribution in [1.82, 2.24) is 4.98 Å². The molecular weight excluding hydrogens is 305 g/mol. The Morgan fingerprint density at radius 3 is 2.58 bits per heavy atom. The molecule has 0 aliphatic carbocycles. The van der Waals surface area contributed by atoms with E-state index in [4.69, 9.17) is 9.47 Å². The number of rotatable bonds is 6. The van der Waals surface area contributed by atoms with E-state index in [-0.39, 0.29) is 5.82 Å². The van der Waals surface area contributed by atoms with E-state index in [9.17, 15) is 4.39 Å². The van der Waals surface area contributed by atoms with Crippen molar-refractivity contribution in [2.45, 2.75) is 26.7 Å². The molecule has 0 spiro atoms. The molecule has 1 aromatic heterocycles. The molecule has 0 saturated carbocycles. The van der Waals surface area contributed by atoms with Gasteiger partial charge in [-0.15, -0.1) is 0 Å². The van der Waals surface area contributed by atoms with Gasteiger partial charge in [-0.25, -0.2) is 4.39 Å². The summed E-state index contributed by atoms with van der Waals surface area (Å²) >= 11 is 0. The molecule has 0 atom stereocenters. The molecule has 24 heavy (non-hydrogen) atoms. The normalized spacial score (nSPS) is 11.0. The van der Waals surface area contributed by atoms with Gasteiger partial charge in [-0.1, -0.05) is 13.3 Å². The maximum atomic E-state index is 14.9. The van der Waals surface area contributed by atoms with Crippen LogP contribution in [0.25, 0.3) is 22.2 Å². The first kappa shape index (κ1) is 16.4. The zero-order valence-electron chi connectivity index (χ0n) is 14.3. The summed E-state index contributed by atoms with van der Waals surface area (Å²) in [5, 5.41) is 0.550. The number of aromatic nitrogens is 1. The Morgan fingerprint density at radius 2 is 1.88 bits per heavy atom. The molecule has 3 nitrogen and oxygen atoms in total. The van der Waals surface area contributed by atoms with E-state index in [0.29, 0.717) is 23.4 Å². The lowest BCUT2D eigenvalue weighted by atomic mass is 10.0. The largest absolute Gasteiger partial charge is 0.497 e. The number of ether oxygens (including phenoxy) is 2. The summed E-state index contributed by atoms with van der Waals surface area (Å²) in [4.78, 5) is 3.18. The van der Waals surface area contributed by atoms with Crippen LogP contribution in [-0.4, -0.2) is 18.7 Å². The highest BCUT2D eigenvalue weighted by atomic mass is 19.1. The van der Waals surface area contributed by atoms with E-state index in [1.807, 2.05) is 37.3 Å². The van der Waals surface area contributed by atoms with Crippen molar-refractivity contribution in [3.63, 3.8) is 0 Å². The predicted octanol–water partition coefficient (Wildman–Crippen LogP) is 5.47. The van der Waals surface area contributed by atoms with Crippen LogP contribution in [0.4, 0.5) is 4.39 Å². The van der Waals surface area contributed by atoms with E-state index in [0.717, 1.165) is 35.2 Å². The lowest BCUT2D eigenvalue weighted by Crippen LogP contribution is -1.95. The first-order valence-corrected chi connectivity index (χ1v) is 8.23. The Kier molecular flexibility index (Phi) is 4.74. The van der Waals surface area contributed by atoms with Crippen LogP contribution in [-0.2, 0) is 0 Å². The first-order chi connectivity index (χ1) is 11.6. The smallest absolute Gasteiger partial charge is 0.156 e. The van der Waals surface area contributed by atoms with Crippen molar-refractivity contribution in [2.75, 3.05) is 13.7 Å². The van der Waals surface area contributed by atoms with Gasteiger partial charge in [0.1, 0.15) is 11.5 Å². The highest BCUT2D eigenvalue weighted by molar-refractivity contribution is 5.88. The van der Waals surface area contributed by atoms with Crippen molar-refractivity contribution in [3.05, 3.63) is 47.8 Å². The number of aryl methyl sites for hydroxylation is 1. The molecule has 0 unspecified atom stereocenters. The maximum Gasteiger partial charge on any atom is 0.156 e. The summed E-state index contributed by atoms with van der Waals surface area (Å²) in [6.45, 7) is 4.71. The quantitative estimate of drug-likeness (QED) is 0.609. The first-order valence-electron chi connectivity index (χ1n) is 8.23. The van der Waals surface area contributed by atoms with E-state index in [1.54, 1.807) is 13.2 Å². The fourth-order valence-corrected chi connectivity index (χ4v) is 2.79. The van der Waals surface area contributed by atoms with Crippen LogP contribution in [0.3, 0.4) is 0 Å². The highest BCUT2D eigenvalue weighted by Gasteiger charge is 2.15. The van der Waals surface area contributed by atoms with Crippen molar-refractivity contribution < 1.29 is 13.9 Å². The van der Waals surface area contributed by atoms with E-state index >= 15 is 0 Å². The molecule has 1 heterocycles. The van der Waals surface area contributed by atoms with Crippen LogP contribution in [0.5, 0.6) is 11.5 Å². The SMILES string of the molecule is CCCCOc1ccc2[nH]c(-c3ccc(OC)cc3C)c(F)c2c1. The molecule has 0 amide bonds. The van der Waals surface area contributed by atoms with Gasteiger partial charge in [-0.2, -0.15) is 0 Å². The van der Waals surface area contributed by atoms with Crippen molar-refractivity contribution in [2.24, 2.45) is 0 Å². The third kappa shape index (κ3) is 3.09. The molecule has 0 bridgehead atoms. The Morgan fingerprint density at radius 1 is 1.08 bits per heavy atom. The number of unbranched alkanes of at least 4 members (excludes halogenated alkanes) is 1. The molecule has 3 aromatic rings. The van der Waals surface area contributed by atoms with Gasteiger partial charge >= 0.3 is 0 Å². The summed E-state index contributed by atoms with van der Waals surface area (Å²) in [6, 6.07) is 11.1. The fraction of sp³-hybridized carbons (Fsp3) is 0.300. The Bertz CT molecular complexity index is 854. The topological polar surface area (TPSA) is 34.2 Å². The molecule has 1 N–H and O–H groups in total. The molecule has 0 fully saturated rings. The summed E-state index contributed by atoms with van der Waals surface area (Å²) < 4.78 is 25.8. The van der Waals surface area contributed by atoms with Gasteiger partial charge in [0, 0.05) is 16.5 Å². The average Bonchev–Trinajstić information content (AvgIpc) is 2.91. The van der Waals surface area contributed by atoms with Crippen molar-refractivity contribution in [1.29, 1.82) is 0 Å². The van der Waals surface area contributed by atoms with E-state index in [1.165, 1.54) is 0 Å². The maximum absolute atomic E-state index is 14.9. The zero-order valence-corrected chi connectivity index (χ0v) is 14.3. The van der Waals surface area contributed by atoms with Gasteiger partial charge in [-0.3, -0.25) is 0 Å². The van der Waals surface area contributed by atoms with Gasteiger partial charge in [-0.05, 0) is 55.3 Å². The molecule has 0 radical (unpaired) electrons. The molecular formula is C20H22FNO2. The number of methoxy groups -OCH3 is 1. The van der Waals surface area contributed by atoms with Crippen LogP contribution < -0.4 is 9.47 Å². The number of benzene rings is 2. The fourth-order valence-electron chi connectivity index (χ4n) is 2.79. The minimum absolute atomic E-state index is 0.251. The Balaban J connectivity index is 1.99. The van der Waals surface area contributed by atoms with Gasteiger partial charge in [0.25, 0.3) is 0 Å². The predicted molar refractivity (Wildman–Crippen MR) is 95.4 cm³/mol. The number of nitrogens with one attached hydrogen (secondary N) is 1. The van der Waals surface area contributed by atoms with Gasteiger partial charge in [0.05, 0.1) is 19.4 Å². The van der Waals surface area contributed by atoms with Gasteiger partial charge in [0.15, 0.2) is 5.82 Å². The number of hydrogen-bond acceptors (Lipinski definition) is 2. The minimum Gasteiger partial charge on any atom is -0.497 e. The van der Waals surface area contributed by atoms with Crippen LogP contribution >= 0.6 is 0 Å². The van der Waals surface area contributed by atoms with Crippen LogP contribution in [0.15, 0.2) is 36.4 Å². The zero-order chi connectivity index (χ0) is 17.1. The summed E-state index contributed by atoms with van der Waals surface area (Å²) in [5.41, 5.74) is 3.05. The van der Waals surface area contributed by atoms with E-state index < -0.39 is 0 Å². The molecule has 0 aliphatic rings. The Labute approximate surface area is 141 Å². The van der Waals surface area contributed by atoms with Crippen LogP contribution in [0.1, 0.15) is 25.3 Å². The number of aromatic amines is 1. The van der Waals surface area contributed by atoms with Crippen LogP contribution in [0, 0.1) is 12.7 Å². The number of fused-ring (bicyclic) bond motifs is 1. The standard InChI is InChI=1S/C20H22FNO2/c1-4-5-10-24-15-7-9-18-17(12-15)19(21)20(22-18)16-8-6-14(23-3)11-13(16)2/h6-9,11-12,22H,4-5,10H2,1-3H3. The Hall–Kier alpha value is -2.49. The lowest BCUT2D eigenvalue weighted by molar-refractivity contribution is 0.310. The van der Waals surface area contributed by atoms with E-state index in [2.05, 4.69) is 11.9 Å². The second kappa shape index (κ2) is 6.95. The third-order valence-electron chi connectivity index (χ3n) is 4.18. The average molecular weight is 327 g/mol. The lowest BCUT2D eigenvalue weighted by Gasteiger charge is -2.06. The summed E-state index contributed by atoms with van der Waals surface area (Å²) in [5.74, 6) is 1.21. The molecule has 4 heteroatoms. The molecule has 3 rings (SSSR count). The monoisotopic (exact) mass is 327 g/mol. The molecule has 0 saturated heterocycles. The number of H-pyrrole nitrogens is 1. The number of hydrogen-bond donors (Lipinski definition) is 1.